The van der Waals surface area contributed by atoms with Gasteiger partial charge in [-0.2, -0.15) is 0 Å². The predicted octanol–water partition coefficient (Wildman–Crippen LogP) is 2.72. The lowest BCUT2D eigenvalue weighted by Gasteiger charge is -2.33. The van der Waals surface area contributed by atoms with Crippen molar-refractivity contribution in [3.8, 4) is 0 Å². The number of ether oxygens (including phenoxy) is 1. The molecule has 1 aromatic carbocycles. The van der Waals surface area contributed by atoms with Crippen molar-refractivity contribution in [2.45, 2.75) is 32.9 Å². The molecule has 152 valence electrons. The molecular formula is C20H33IN4O2. The quantitative estimate of drug-likeness (QED) is 0.289. The van der Waals surface area contributed by atoms with E-state index >= 15 is 0 Å². The van der Waals surface area contributed by atoms with Crippen LogP contribution in [0.1, 0.15) is 30.9 Å². The Morgan fingerprint density at radius 3 is 2.56 bits per heavy atom. The van der Waals surface area contributed by atoms with Crippen molar-refractivity contribution in [2.24, 2.45) is 10.9 Å². The lowest BCUT2D eigenvalue weighted by atomic mass is 9.97. The van der Waals surface area contributed by atoms with Crippen molar-refractivity contribution in [3.05, 3.63) is 35.4 Å². The summed E-state index contributed by atoms with van der Waals surface area (Å²) in [6.07, 6.45) is 1.63. The number of guanidine groups is 1. The summed E-state index contributed by atoms with van der Waals surface area (Å²) >= 11 is 0. The van der Waals surface area contributed by atoms with Crippen LogP contribution in [0.2, 0.25) is 0 Å². The number of hydrogen-bond donors (Lipinski definition) is 1. The van der Waals surface area contributed by atoms with Crippen LogP contribution in [0.15, 0.2) is 29.3 Å². The molecule has 1 fully saturated rings. The monoisotopic (exact) mass is 488 g/mol. The van der Waals surface area contributed by atoms with Crippen LogP contribution in [0.3, 0.4) is 0 Å². The molecule has 0 atom stereocenters. The fourth-order valence-corrected chi connectivity index (χ4v) is 3.28. The molecule has 0 saturated carbocycles. The largest absolute Gasteiger partial charge is 0.469 e. The number of halogens is 1. The standard InChI is InChI=1S/C20H32N4O2.HI/c1-5-21-20(24-11-9-18(10-12-24)19(25)26-4)22-14-16-7-6-8-17(13-16)15-23(2)3;/h6-8,13,18H,5,9-12,14-15H2,1-4H3,(H,21,22);1H. The van der Waals surface area contributed by atoms with Crippen molar-refractivity contribution < 1.29 is 9.53 Å². The number of rotatable bonds is 6. The number of hydrogen-bond acceptors (Lipinski definition) is 4. The molecule has 1 aliphatic rings. The van der Waals surface area contributed by atoms with Gasteiger partial charge in [0.25, 0.3) is 0 Å². The van der Waals surface area contributed by atoms with Gasteiger partial charge in [0.05, 0.1) is 19.6 Å². The molecule has 0 radical (unpaired) electrons. The second-order valence-corrected chi connectivity index (χ2v) is 7.01. The maximum absolute atomic E-state index is 11.7. The zero-order valence-corrected chi connectivity index (χ0v) is 19.2. The molecule has 1 saturated heterocycles. The summed E-state index contributed by atoms with van der Waals surface area (Å²) in [5.41, 5.74) is 2.51. The molecule has 6 nitrogen and oxygen atoms in total. The van der Waals surface area contributed by atoms with Crippen molar-refractivity contribution >= 4 is 35.9 Å². The van der Waals surface area contributed by atoms with E-state index in [9.17, 15) is 4.79 Å². The molecule has 0 unspecified atom stereocenters. The van der Waals surface area contributed by atoms with Crippen molar-refractivity contribution in [3.63, 3.8) is 0 Å². The zero-order chi connectivity index (χ0) is 18.9. The van der Waals surface area contributed by atoms with Gasteiger partial charge in [-0.1, -0.05) is 24.3 Å². The third-order valence-corrected chi connectivity index (χ3v) is 4.57. The third-order valence-electron chi connectivity index (χ3n) is 4.57. The minimum absolute atomic E-state index is 0. The van der Waals surface area contributed by atoms with Crippen molar-refractivity contribution in [1.82, 2.24) is 15.1 Å². The third kappa shape index (κ3) is 7.65. The van der Waals surface area contributed by atoms with Gasteiger partial charge in [0.1, 0.15) is 0 Å². The Bertz CT molecular complexity index is 614. The summed E-state index contributed by atoms with van der Waals surface area (Å²) in [7, 11) is 5.61. The molecule has 7 heteroatoms. The SMILES string of the molecule is CCNC(=NCc1cccc(CN(C)C)c1)N1CCC(C(=O)OC)CC1.I. The first-order chi connectivity index (χ1) is 12.5. The maximum Gasteiger partial charge on any atom is 0.308 e. The van der Waals surface area contributed by atoms with Crippen LogP contribution >= 0.6 is 24.0 Å². The molecule has 1 aromatic rings. The summed E-state index contributed by atoms with van der Waals surface area (Å²) in [6, 6.07) is 8.58. The van der Waals surface area contributed by atoms with Gasteiger partial charge in [-0.25, -0.2) is 4.99 Å². The first kappa shape index (κ1) is 23.7. The van der Waals surface area contributed by atoms with Gasteiger partial charge in [0.2, 0.25) is 0 Å². The summed E-state index contributed by atoms with van der Waals surface area (Å²) in [5, 5.41) is 3.38. The minimum atomic E-state index is -0.0932. The number of esters is 1. The molecule has 0 bridgehead atoms. The number of aliphatic imine (C=N–C) groups is 1. The van der Waals surface area contributed by atoms with Gasteiger partial charge in [-0.15, -0.1) is 24.0 Å². The molecule has 1 heterocycles. The van der Waals surface area contributed by atoms with E-state index in [4.69, 9.17) is 9.73 Å². The fourth-order valence-electron chi connectivity index (χ4n) is 3.28. The highest BCUT2D eigenvalue weighted by Gasteiger charge is 2.26. The molecule has 27 heavy (non-hydrogen) atoms. The predicted molar refractivity (Wildman–Crippen MR) is 120 cm³/mol. The molecule has 1 aliphatic heterocycles. The number of nitrogens with zero attached hydrogens (tertiary/aromatic N) is 3. The van der Waals surface area contributed by atoms with Crippen LogP contribution in [0.25, 0.3) is 0 Å². The number of nitrogens with one attached hydrogen (secondary N) is 1. The van der Waals surface area contributed by atoms with E-state index in [0.29, 0.717) is 6.54 Å². The second kappa shape index (κ2) is 12.2. The van der Waals surface area contributed by atoms with Crippen molar-refractivity contribution in [1.29, 1.82) is 0 Å². The van der Waals surface area contributed by atoms with E-state index in [-0.39, 0.29) is 35.9 Å². The second-order valence-electron chi connectivity index (χ2n) is 7.01. The highest BCUT2D eigenvalue weighted by Crippen LogP contribution is 2.18. The van der Waals surface area contributed by atoms with Crippen LogP contribution in [0, 0.1) is 5.92 Å². The van der Waals surface area contributed by atoms with E-state index < -0.39 is 0 Å². The highest BCUT2D eigenvalue weighted by atomic mass is 127. The van der Waals surface area contributed by atoms with Crippen LogP contribution in [-0.2, 0) is 22.6 Å². The fraction of sp³-hybridized carbons (Fsp3) is 0.600. The van der Waals surface area contributed by atoms with Gasteiger partial charge in [-0.05, 0) is 45.0 Å². The number of methoxy groups -OCH3 is 1. The number of carbonyl (C=O) groups is 1. The van der Waals surface area contributed by atoms with Gasteiger partial charge < -0.3 is 19.9 Å². The van der Waals surface area contributed by atoms with E-state index in [0.717, 1.165) is 45.0 Å². The Morgan fingerprint density at radius 2 is 1.96 bits per heavy atom. The van der Waals surface area contributed by atoms with E-state index in [1.54, 1.807) is 0 Å². The Morgan fingerprint density at radius 1 is 1.30 bits per heavy atom. The van der Waals surface area contributed by atoms with Crippen LogP contribution in [-0.4, -0.2) is 62.6 Å². The Labute approximate surface area is 180 Å². The Kier molecular flexibility index (Phi) is 10.7. The molecular weight excluding hydrogens is 455 g/mol. The molecule has 0 spiro atoms. The summed E-state index contributed by atoms with van der Waals surface area (Å²) < 4.78 is 4.87. The number of carbonyl (C=O) groups excluding carboxylic acids is 1. The molecule has 1 N–H and O–H groups in total. The summed E-state index contributed by atoms with van der Waals surface area (Å²) in [6.45, 7) is 6.14. The highest BCUT2D eigenvalue weighted by molar-refractivity contribution is 14.0. The van der Waals surface area contributed by atoms with E-state index in [1.165, 1.54) is 18.2 Å². The van der Waals surface area contributed by atoms with Gasteiger partial charge in [-0.3, -0.25) is 4.79 Å². The van der Waals surface area contributed by atoms with Crippen LogP contribution < -0.4 is 5.32 Å². The van der Waals surface area contributed by atoms with Crippen LogP contribution in [0.5, 0.6) is 0 Å². The zero-order valence-electron chi connectivity index (χ0n) is 16.9. The lowest BCUT2D eigenvalue weighted by molar-refractivity contribution is -0.146. The summed E-state index contributed by atoms with van der Waals surface area (Å²) in [4.78, 5) is 20.9. The minimum Gasteiger partial charge on any atom is -0.469 e. The number of likely N-dealkylation sites (tertiary alicyclic amines) is 1. The molecule has 0 amide bonds. The Balaban J connectivity index is 0.00000364. The lowest BCUT2D eigenvalue weighted by Crippen LogP contribution is -2.46. The van der Waals surface area contributed by atoms with Gasteiger partial charge >= 0.3 is 5.97 Å². The average Bonchev–Trinajstić information content (AvgIpc) is 2.64. The van der Waals surface area contributed by atoms with E-state index in [1.807, 2.05) is 0 Å². The van der Waals surface area contributed by atoms with Gasteiger partial charge in [0.15, 0.2) is 5.96 Å². The van der Waals surface area contributed by atoms with E-state index in [2.05, 4.69) is 60.4 Å². The first-order valence-corrected chi connectivity index (χ1v) is 9.37. The van der Waals surface area contributed by atoms with Crippen LogP contribution in [0.4, 0.5) is 0 Å². The number of benzene rings is 1. The number of piperidine rings is 1. The maximum atomic E-state index is 11.7. The molecule has 0 aromatic heterocycles. The smallest absolute Gasteiger partial charge is 0.308 e. The topological polar surface area (TPSA) is 57.2 Å². The molecule has 0 aliphatic carbocycles. The van der Waals surface area contributed by atoms with Gasteiger partial charge in [0, 0.05) is 26.2 Å². The normalized spacial score (nSPS) is 15.4. The average molecular weight is 488 g/mol. The summed E-state index contributed by atoms with van der Waals surface area (Å²) in [5.74, 6) is 0.847. The Hall–Kier alpha value is -1.35. The first-order valence-electron chi connectivity index (χ1n) is 9.37. The molecule has 2 rings (SSSR count). The van der Waals surface area contributed by atoms with Crippen molar-refractivity contribution in [2.75, 3.05) is 40.8 Å².